The van der Waals surface area contributed by atoms with Gasteiger partial charge in [-0.25, -0.2) is 0 Å². The van der Waals surface area contributed by atoms with Crippen LogP contribution >= 0.6 is 0 Å². The van der Waals surface area contributed by atoms with Crippen LogP contribution in [0.3, 0.4) is 0 Å². The average molecular weight is 213 g/mol. The van der Waals surface area contributed by atoms with Crippen molar-refractivity contribution in [2.45, 2.75) is 46.3 Å². The summed E-state index contributed by atoms with van der Waals surface area (Å²) in [6.07, 6.45) is 7.15. The van der Waals surface area contributed by atoms with Gasteiger partial charge in [0, 0.05) is 0 Å². The van der Waals surface area contributed by atoms with Crippen LogP contribution in [0.4, 0.5) is 0 Å². The van der Waals surface area contributed by atoms with Crippen LogP contribution in [0.15, 0.2) is 12.2 Å². The van der Waals surface area contributed by atoms with Gasteiger partial charge in [-0.2, -0.15) is 0 Å². The summed E-state index contributed by atoms with van der Waals surface area (Å²) in [6.45, 7) is 14.1. The zero-order chi connectivity index (χ0) is 11.0. The molecule has 0 rings (SSSR count). The van der Waals surface area contributed by atoms with Gasteiger partial charge in [0.1, 0.15) is 0 Å². The van der Waals surface area contributed by atoms with Crippen molar-refractivity contribution in [3.05, 3.63) is 12.2 Å². The lowest BCUT2D eigenvalue weighted by Crippen LogP contribution is -2.42. The first-order valence-corrected chi connectivity index (χ1v) is 9.30. The van der Waals surface area contributed by atoms with Crippen molar-refractivity contribution in [2.24, 2.45) is 0 Å². The second-order valence-electron chi connectivity index (χ2n) is 4.81. The van der Waals surface area contributed by atoms with E-state index in [1.807, 2.05) is 0 Å². The summed E-state index contributed by atoms with van der Waals surface area (Å²) >= 11 is 0. The monoisotopic (exact) mass is 213 g/mol. The van der Waals surface area contributed by atoms with E-state index < -0.39 is 8.07 Å². The fourth-order valence-corrected chi connectivity index (χ4v) is 4.37. The van der Waals surface area contributed by atoms with Crippen molar-refractivity contribution in [1.29, 1.82) is 0 Å². The Labute approximate surface area is 91.2 Å². The molecule has 1 nitrogen and oxygen atoms in total. The maximum Gasteiger partial charge on any atom is 0.0666 e. The highest BCUT2D eigenvalue weighted by atomic mass is 28.3. The highest BCUT2D eigenvalue weighted by molar-refractivity contribution is 6.78. The minimum atomic E-state index is -1.01. The molecule has 0 atom stereocenters. The predicted octanol–water partition coefficient (Wildman–Crippen LogP) is 3.54. The van der Waals surface area contributed by atoms with E-state index in [0.29, 0.717) is 0 Å². The molecule has 0 spiro atoms. The third-order valence-corrected chi connectivity index (χ3v) is 5.19. The fraction of sp³-hybridized carbons (Fsp3) is 0.833. The first-order valence-electron chi connectivity index (χ1n) is 5.89. The normalized spacial score (nSPS) is 13.0. The average Bonchev–Trinajstić information content (AvgIpc) is 2.14. The number of hydrogen-bond donors (Lipinski definition) is 0. The highest BCUT2D eigenvalue weighted by Gasteiger charge is 2.21. The van der Waals surface area contributed by atoms with Crippen LogP contribution in [0.2, 0.25) is 19.1 Å². The summed E-state index contributed by atoms with van der Waals surface area (Å²) in [4.78, 5) is 2.61. The van der Waals surface area contributed by atoms with Gasteiger partial charge in [0.2, 0.25) is 0 Å². The molecule has 0 amide bonds. The van der Waals surface area contributed by atoms with E-state index in [1.165, 1.54) is 31.7 Å². The van der Waals surface area contributed by atoms with Crippen LogP contribution in [0.1, 0.15) is 27.2 Å². The van der Waals surface area contributed by atoms with Crippen molar-refractivity contribution >= 4 is 8.07 Å². The smallest absolute Gasteiger partial charge is 0.0666 e. The molecule has 0 saturated carbocycles. The molecule has 0 aliphatic rings. The number of nitrogens with zero attached hydrogens (tertiary/aromatic N) is 1. The summed E-state index contributed by atoms with van der Waals surface area (Å²) < 4.78 is 0. The molecule has 0 aromatic carbocycles. The summed E-state index contributed by atoms with van der Waals surface area (Å²) in [5, 5.41) is 0. The largest absolute Gasteiger partial charge is 0.306 e. The predicted molar refractivity (Wildman–Crippen MR) is 69.5 cm³/mol. The van der Waals surface area contributed by atoms with Crippen molar-refractivity contribution < 1.29 is 0 Å². The van der Waals surface area contributed by atoms with Crippen LogP contribution in [-0.4, -0.2) is 32.2 Å². The lowest BCUT2D eigenvalue weighted by Gasteiger charge is -2.29. The van der Waals surface area contributed by atoms with Gasteiger partial charge in [-0.15, -0.1) is 0 Å². The molecule has 0 unspecified atom stereocenters. The molecule has 0 radical (unpaired) electrons. The van der Waals surface area contributed by atoms with Crippen LogP contribution in [0, 0.1) is 0 Å². The Balaban J connectivity index is 4.02. The molecule has 0 saturated heterocycles. The molecule has 0 bridgehead atoms. The van der Waals surface area contributed by atoms with Gasteiger partial charge in [0.15, 0.2) is 0 Å². The maximum absolute atomic E-state index is 2.61. The van der Waals surface area contributed by atoms with E-state index in [9.17, 15) is 0 Å². The molecular weight excluding hydrogens is 186 g/mol. The standard InChI is InChI=1S/C12H27NSi/c1-6-9-11-14(4,5)12-13(8-3)10-7-2/h6,9H,7-8,10-12H2,1-5H3/b9-6+. The van der Waals surface area contributed by atoms with Crippen molar-refractivity contribution in [1.82, 2.24) is 4.90 Å². The van der Waals surface area contributed by atoms with E-state index in [2.05, 4.69) is 50.9 Å². The quantitative estimate of drug-likeness (QED) is 0.462. The zero-order valence-corrected chi connectivity index (χ0v) is 11.6. The molecule has 84 valence electrons. The van der Waals surface area contributed by atoms with Gasteiger partial charge in [0.05, 0.1) is 8.07 Å². The SMILES string of the molecule is C/C=C/C[Si](C)(C)CN(CC)CCC. The van der Waals surface area contributed by atoms with E-state index in [0.717, 1.165) is 0 Å². The summed E-state index contributed by atoms with van der Waals surface area (Å²) in [5.74, 6) is 0. The van der Waals surface area contributed by atoms with E-state index in [1.54, 1.807) is 0 Å². The molecule has 0 N–H and O–H groups in total. The fourth-order valence-electron chi connectivity index (χ4n) is 1.77. The van der Waals surface area contributed by atoms with Crippen LogP contribution < -0.4 is 0 Å². The Morgan fingerprint density at radius 1 is 1.21 bits per heavy atom. The number of hydrogen-bond acceptors (Lipinski definition) is 1. The van der Waals surface area contributed by atoms with Crippen molar-refractivity contribution in [3.63, 3.8) is 0 Å². The number of allylic oxidation sites excluding steroid dienone is 2. The molecule has 0 aliphatic heterocycles. The van der Waals surface area contributed by atoms with Crippen LogP contribution in [0.25, 0.3) is 0 Å². The van der Waals surface area contributed by atoms with Gasteiger partial charge in [0.25, 0.3) is 0 Å². The van der Waals surface area contributed by atoms with Gasteiger partial charge < -0.3 is 4.90 Å². The first kappa shape index (κ1) is 13.9. The summed E-state index contributed by atoms with van der Waals surface area (Å²) in [7, 11) is -1.01. The first-order chi connectivity index (χ1) is 6.55. The summed E-state index contributed by atoms with van der Waals surface area (Å²) in [5.41, 5.74) is 0. The third-order valence-electron chi connectivity index (χ3n) is 2.54. The van der Waals surface area contributed by atoms with E-state index in [4.69, 9.17) is 0 Å². The Bertz CT molecular complexity index is 164. The van der Waals surface area contributed by atoms with Gasteiger partial charge in [-0.3, -0.25) is 0 Å². The second-order valence-corrected chi connectivity index (χ2v) is 9.86. The van der Waals surface area contributed by atoms with Crippen molar-refractivity contribution in [2.75, 3.05) is 19.3 Å². The van der Waals surface area contributed by atoms with Crippen LogP contribution in [-0.2, 0) is 0 Å². The van der Waals surface area contributed by atoms with Crippen molar-refractivity contribution in [3.8, 4) is 0 Å². The lowest BCUT2D eigenvalue weighted by atomic mass is 10.4. The molecule has 0 aromatic heterocycles. The molecule has 0 aliphatic carbocycles. The summed E-state index contributed by atoms with van der Waals surface area (Å²) in [6, 6.07) is 1.32. The Morgan fingerprint density at radius 3 is 2.29 bits per heavy atom. The van der Waals surface area contributed by atoms with E-state index >= 15 is 0 Å². The van der Waals surface area contributed by atoms with Gasteiger partial charge >= 0.3 is 0 Å². The van der Waals surface area contributed by atoms with Gasteiger partial charge in [-0.1, -0.05) is 39.1 Å². The lowest BCUT2D eigenvalue weighted by molar-refractivity contribution is 0.329. The second kappa shape index (κ2) is 7.24. The zero-order valence-electron chi connectivity index (χ0n) is 10.6. The minimum absolute atomic E-state index is 1.01. The molecule has 0 heterocycles. The van der Waals surface area contributed by atoms with Crippen LogP contribution in [0.5, 0.6) is 0 Å². The Hall–Kier alpha value is -0.0831. The highest BCUT2D eigenvalue weighted by Crippen LogP contribution is 2.12. The molecule has 14 heavy (non-hydrogen) atoms. The Kier molecular flexibility index (Phi) is 7.20. The third kappa shape index (κ3) is 6.38. The molecule has 2 heteroatoms. The topological polar surface area (TPSA) is 3.24 Å². The number of rotatable bonds is 7. The van der Waals surface area contributed by atoms with E-state index in [-0.39, 0.29) is 0 Å². The van der Waals surface area contributed by atoms with Gasteiger partial charge in [-0.05, 0) is 38.6 Å². The molecule has 0 aromatic rings. The maximum atomic E-state index is 2.61. The minimum Gasteiger partial charge on any atom is -0.306 e. The Morgan fingerprint density at radius 2 is 1.86 bits per heavy atom. The molecule has 0 fully saturated rings. The molecular formula is C12H27NSi.